The van der Waals surface area contributed by atoms with E-state index in [4.69, 9.17) is 9.47 Å². The number of ether oxygens (including phenoxy) is 2. The van der Waals surface area contributed by atoms with E-state index in [0.29, 0.717) is 0 Å². The van der Waals surface area contributed by atoms with Gasteiger partial charge < -0.3 is 9.47 Å². The topological polar surface area (TPSA) is 18.5 Å². The lowest BCUT2D eigenvalue weighted by atomic mass is 9.87. The Morgan fingerprint density at radius 1 is 1.38 bits per heavy atom. The molecule has 76 valence electrons. The molecule has 0 N–H and O–H groups in total. The lowest BCUT2D eigenvalue weighted by molar-refractivity contribution is -0.187. The fourth-order valence-electron chi connectivity index (χ4n) is 2.80. The molecule has 0 aromatic rings. The number of hydrogen-bond acceptors (Lipinski definition) is 2. The van der Waals surface area contributed by atoms with Crippen LogP contribution < -0.4 is 0 Å². The summed E-state index contributed by atoms with van der Waals surface area (Å²) in [5.41, 5.74) is 0. The maximum atomic E-state index is 5.68. The predicted octanol–water partition coefficient (Wildman–Crippen LogP) is 2.43. The summed E-state index contributed by atoms with van der Waals surface area (Å²) in [6.07, 6.45) is 4.00. The molecule has 1 saturated carbocycles. The average molecular weight is 184 g/mol. The van der Waals surface area contributed by atoms with E-state index >= 15 is 0 Å². The first-order chi connectivity index (χ1) is 6.31. The van der Waals surface area contributed by atoms with E-state index in [-0.39, 0.29) is 6.29 Å². The van der Waals surface area contributed by atoms with Crippen LogP contribution in [0.15, 0.2) is 0 Å². The van der Waals surface area contributed by atoms with Gasteiger partial charge in [-0.15, -0.1) is 0 Å². The third kappa shape index (κ3) is 1.89. The van der Waals surface area contributed by atoms with E-state index in [2.05, 4.69) is 6.92 Å². The monoisotopic (exact) mass is 184 g/mol. The summed E-state index contributed by atoms with van der Waals surface area (Å²) in [4.78, 5) is 0. The standard InChI is InChI=1S/C11H20O2/c1-3-12-11-6-9-5-4-8(2)10(9)7-13-11/h8-11H,3-7H2,1-2H3/t8-,9-,10-,11-/m1/s1. The fraction of sp³-hybridized carbons (Fsp3) is 1.00. The number of hydrogen-bond donors (Lipinski definition) is 0. The molecular formula is C11H20O2. The van der Waals surface area contributed by atoms with Crippen molar-refractivity contribution in [2.75, 3.05) is 13.2 Å². The van der Waals surface area contributed by atoms with Gasteiger partial charge in [0.15, 0.2) is 6.29 Å². The fourth-order valence-corrected chi connectivity index (χ4v) is 2.80. The van der Waals surface area contributed by atoms with Gasteiger partial charge in [-0.3, -0.25) is 0 Å². The van der Waals surface area contributed by atoms with E-state index in [1.165, 1.54) is 12.8 Å². The first-order valence-corrected chi connectivity index (χ1v) is 5.54. The zero-order valence-corrected chi connectivity index (χ0v) is 8.66. The van der Waals surface area contributed by atoms with Crippen molar-refractivity contribution in [2.45, 2.75) is 39.4 Å². The molecule has 0 spiro atoms. The lowest BCUT2D eigenvalue weighted by Crippen LogP contribution is -2.34. The molecule has 1 heterocycles. The summed E-state index contributed by atoms with van der Waals surface area (Å²) in [6, 6.07) is 0. The maximum absolute atomic E-state index is 5.68. The van der Waals surface area contributed by atoms with Gasteiger partial charge in [-0.25, -0.2) is 0 Å². The van der Waals surface area contributed by atoms with Crippen molar-refractivity contribution in [1.82, 2.24) is 0 Å². The smallest absolute Gasteiger partial charge is 0.157 e. The second kappa shape index (κ2) is 3.97. The Morgan fingerprint density at radius 2 is 2.23 bits per heavy atom. The zero-order chi connectivity index (χ0) is 9.26. The highest BCUT2D eigenvalue weighted by atomic mass is 16.7. The third-order valence-electron chi connectivity index (χ3n) is 3.65. The van der Waals surface area contributed by atoms with Gasteiger partial charge in [-0.1, -0.05) is 13.3 Å². The Hall–Kier alpha value is -0.0800. The Bertz CT molecular complexity index is 169. The van der Waals surface area contributed by atoms with Crippen LogP contribution >= 0.6 is 0 Å². The minimum atomic E-state index is 0.0940. The van der Waals surface area contributed by atoms with Crippen LogP contribution in [0.5, 0.6) is 0 Å². The summed E-state index contributed by atoms with van der Waals surface area (Å²) >= 11 is 0. The Kier molecular flexibility index (Phi) is 2.89. The first kappa shape index (κ1) is 9.47. The van der Waals surface area contributed by atoms with Crippen molar-refractivity contribution in [3.63, 3.8) is 0 Å². The molecule has 0 aromatic carbocycles. The second-order valence-corrected chi connectivity index (χ2v) is 4.43. The molecule has 0 unspecified atom stereocenters. The molecule has 13 heavy (non-hydrogen) atoms. The van der Waals surface area contributed by atoms with Gasteiger partial charge in [0.1, 0.15) is 0 Å². The van der Waals surface area contributed by atoms with Crippen LogP contribution in [0.25, 0.3) is 0 Å². The quantitative estimate of drug-likeness (QED) is 0.656. The van der Waals surface area contributed by atoms with Gasteiger partial charge in [-0.2, -0.15) is 0 Å². The molecule has 1 saturated heterocycles. The van der Waals surface area contributed by atoms with Gasteiger partial charge in [0.25, 0.3) is 0 Å². The van der Waals surface area contributed by atoms with Gasteiger partial charge in [0, 0.05) is 13.0 Å². The Morgan fingerprint density at radius 3 is 3.00 bits per heavy atom. The summed E-state index contributed by atoms with van der Waals surface area (Å²) < 4.78 is 11.2. The van der Waals surface area contributed by atoms with E-state index in [1.54, 1.807) is 0 Å². The normalized spacial score (nSPS) is 44.8. The molecule has 0 bridgehead atoms. The summed E-state index contributed by atoms with van der Waals surface area (Å²) in [5.74, 6) is 2.56. The highest BCUT2D eigenvalue weighted by Gasteiger charge is 2.38. The van der Waals surface area contributed by atoms with Crippen LogP contribution in [-0.4, -0.2) is 19.5 Å². The molecule has 2 nitrogen and oxygen atoms in total. The van der Waals surface area contributed by atoms with Crippen LogP contribution in [-0.2, 0) is 9.47 Å². The summed E-state index contributed by atoms with van der Waals surface area (Å²) in [6.45, 7) is 6.09. The molecule has 1 aliphatic heterocycles. The molecule has 1 aliphatic carbocycles. The highest BCUT2D eigenvalue weighted by molar-refractivity contribution is 4.85. The second-order valence-electron chi connectivity index (χ2n) is 4.43. The summed E-state index contributed by atoms with van der Waals surface area (Å²) in [5, 5.41) is 0. The molecule has 2 rings (SSSR count). The predicted molar refractivity (Wildman–Crippen MR) is 51.4 cm³/mol. The molecule has 2 aliphatic rings. The molecule has 0 amide bonds. The Labute approximate surface area is 80.6 Å². The van der Waals surface area contributed by atoms with Crippen LogP contribution in [0, 0.1) is 17.8 Å². The average Bonchev–Trinajstić information content (AvgIpc) is 2.48. The van der Waals surface area contributed by atoms with E-state index in [9.17, 15) is 0 Å². The minimum Gasteiger partial charge on any atom is -0.353 e. The van der Waals surface area contributed by atoms with Crippen LogP contribution in [0.2, 0.25) is 0 Å². The number of rotatable bonds is 2. The van der Waals surface area contributed by atoms with Crippen molar-refractivity contribution in [1.29, 1.82) is 0 Å². The van der Waals surface area contributed by atoms with Crippen LogP contribution in [0.3, 0.4) is 0 Å². The largest absolute Gasteiger partial charge is 0.353 e. The van der Waals surface area contributed by atoms with Gasteiger partial charge in [-0.05, 0) is 31.1 Å². The van der Waals surface area contributed by atoms with Crippen molar-refractivity contribution in [2.24, 2.45) is 17.8 Å². The Balaban J connectivity index is 1.88. The van der Waals surface area contributed by atoms with Crippen molar-refractivity contribution < 1.29 is 9.47 Å². The van der Waals surface area contributed by atoms with Gasteiger partial charge in [0.05, 0.1) is 6.61 Å². The van der Waals surface area contributed by atoms with E-state index < -0.39 is 0 Å². The summed E-state index contributed by atoms with van der Waals surface area (Å²) in [7, 11) is 0. The zero-order valence-electron chi connectivity index (χ0n) is 8.66. The molecule has 4 atom stereocenters. The SMILES string of the molecule is CCO[C@H]1C[C@H]2CC[C@@H](C)[C@H]2CO1. The van der Waals surface area contributed by atoms with Crippen LogP contribution in [0.1, 0.15) is 33.1 Å². The number of fused-ring (bicyclic) bond motifs is 1. The molecular weight excluding hydrogens is 164 g/mol. The van der Waals surface area contributed by atoms with E-state index in [1.807, 2.05) is 6.92 Å². The third-order valence-corrected chi connectivity index (χ3v) is 3.65. The van der Waals surface area contributed by atoms with Crippen LogP contribution in [0.4, 0.5) is 0 Å². The maximum Gasteiger partial charge on any atom is 0.157 e. The molecule has 2 fully saturated rings. The van der Waals surface area contributed by atoms with Crippen molar-refractivity contribution >= 4 is 0 Å². The lowest BCUT2D eigenvalue weighted by Gasteiger charge is -2.33. The molecule has 0 radical (unpaired) electrons. The van der Waals surface area contributed by atoms with Crippen molar-refractivity contribution in [3.05, 3.63) is 0 Å². The molecule has 2 heteroatoms. The minimum absolute atomic E-state index is 0.0940. The van der Waals surface area contributed by atoms with Gasteiger partial charge >= 0.3 is 0 Å². The first-order valence-electron chi connectivity index (χ1n) is 5.54. The van der Waals surface area contributed by atoms with Gasteiger partial charge in [0.2, 0.25) is 0 Å². The molecule has 0 aromatic heterocycles. The highest BCUT2D eigenvalue weighted by Crippen LogP contribution is 2.42. The van der Waals surface area contributed by atoms with E-state index in [0.717, 1.165) is 37.4 Å². The van der Waals surface area contributed by atoms with Crippen molar-refractivity contribution in [3.8, 4) is 0 Å².